The number of aryl methyl sites for hydroxylation is 1. The maximum atomic E-state index is 12.1. The third-order valence-electron chi connectivity index (χ3n) is 8.53. The third-order valence-corrected chi connectivity index (χ3v) is 13.0. The normalized spacial score (nSPS) is 13.6. The number of hydrogen-bond acceptors (Lipinski definition) is 6. The second-order valence-corrected chi connectivity index (χ2v) is 17.1. The molecule has 0 fully saturated rings. The number of nitrogens with zero attached hydrogens (tertiary/aromatic N) is 2. The van der Waals surface area contributed by atoms with Crippen LogP contribution >= 0.6 is 0 Å². The number of ether oxygens (including phenoxy) is 3. The van der Waals surface area contributed by atoms with Gasteiger partial charge in [0.25, 0.3) is 0 Å². The molecule has 4 rings (SSSR count). The van der Waals surface area contributed by atoms with Crippen molar-refractivity contribution < 1.29 is 28.5 Å². The highest BCUT2D eigenvalue weighted by atomic mass is 28.4. The molecule has 230 valence electrons. The van der Waals surface area contributed by atoms with E-state index in [0.29, 0.717) is 43.0 Å². The first-order chi connectivity index (χ1) is 20.3. The number of methoxy groups -OCH3 is 2. The van der Waals surface area contributed by atoms with Crippen LogP contribution in [0.1, 0.15) is 54.2 Å². The summed E-state index contributed by atoms with van der Waals surface area (Å²) < 4.78 is 27.5. The van der Waals surface area contributed by atoms with Crippen LogP contribution in [0.15, 0.2) is 66.9 Å². The summed E-state index contributed by atoms with van der Waals surface area (Å²) in [6, 6.07) is 19.4. The van der Waals surface area contributed by atoms with Gasteiger partial charge in [-0.15, -0.1) is 0 Å². The number of fused-ring (bicyclic) bond motifs is 1. The molecular weight excluding hydrogens is 560 g/mol. The molecule has 0 aliphatic carbocycles. The van der Waals surface area contributed by atoms with Gasteiger partial charge in [-0.2, -0.15) is 5.10 Å². The van der Waals surface area contributed by atoms with Gasteiger partial charge in [-0.05, 0) is 55.2 Å². The molecule has 0 aliphatic rings. The molecule has 1 heterocycles. The van der Waals surface area contributed by atoms with E-state index in [1.807, 2.05) is 43.3 Å². The zero-order valence-corrected chi connectivity index (χ0v) is 27.6. The lowest BCUT2D eigenvalue weighted by Crippen LogP contribution is -2.50. The maximum Gasteiger partial charge on any atom is 0.337 e. The summed E-state index contributed by atoms with van der Waals surface area (Å²) in [6.45, 7) is 13.7. The summed E-state index contributed by atoms with van der Waals surface area (Å²) in [5.74, 6) is -0.866. The Kier molecular flexibility index (Phi) is 9.69. The predicted octanol–water partition coefficient (Wildman–Crippen LogP) is 7.58. The second kappa shape index (κ2) is 12.9. The minimum Gasteiger partial charge on any atom is -0.496 e. The molecule has 0 aliphatic heterocycles. The first-order valence-corrected chi connectivity index (χ1v) is 17.5. The largest absolute Gasteiger partial charge is 0.496 e. The lowest BCUT2D eigenvalue weighted by atomic mass is 9.99. The fourth-order valence-electron chi connectivity index (χ4n) is 5.03. The summed E-state index contributed by atoms with van der Waals surface area (Å²) in [4.78, 5) is 12.1. The van der Waals surface area contributed by atoms with Crippen molar-refractivity contribution in [3.8, 4) is 11.5 Å². The van der Waals surface area contributed by atoms with Crippen molar-refractivity contribution in [3.63, 3.8) is 0 Å². The minimum atomic E-state index is -2.46. The van der Waals surface area contributed by atoms with Crippen LogP contribution < -0.4 is 9.47 Å². The van der Waals surface area contributed by atoms with Crippen molar-refractivity contribution in [3.05, 3.63) is 89.1 Å². The number of carbonyl (C=O) groups is 1. The van der Waals surface area contributed by atoms with Gasteiger partial charge in [-0.1, -0.05) is 63.2 Å². The van der Waals surface area contributed by atoms with Gasteiger partial charge in [0, 0.05) is 29.5 Å². The maximum absolute atomic E-state index is 12.1. The van der Waals surface area contributed by atoms with E-state index in [9.17, 15) is 9.90 Å². The van der Waals surface area contributed by atoms with Crippen molar-refractivity contribution in [2.45, 2.75) is 71.0 Å². The van der Waals surface area contributed by atoms with Crippen molar-refractivity contribution in [1.82, 2.24) is 9.78 Å². The summed E-state index contributed by atoms with van der Waals surface area (Å²) in [5, 5.41) is 15.2. The van der Waals surface area contributed by atoms with E-state index in [0.717, 1.165) is 22.1 Å². The van der Waals surface area contributed by atoms with Crippen LogP contribution in [-0.4, -0.2) is 50.0 Å². The Morgan fingerprint density at radius 3 is 2.21 bits per heavy atom. The van der Waals surface area contributed by atoms with Gasteiger partial charge in [0.15, 0.2) is 14.1 Å². The molecule has 0 amide bonds. The van der Waals surface area contributed by atoms with Gasteiger partial charge in [-0.3, -0.25) is 4.68 Å². The molecule has 1 atom stereocenters. The highest BCUT2D eigenvalue weighted by molar-refractivity contribution is 6.74. The molecular formula is C34H44N2O6Si. The fourth-order valence-corrected chi connectivity index (χ4v) is 6.44. The van der Waals surface area contributed by atoms with Crippen LogP contribution in [0.5, 0.6) is 11.5 Å². The molecule has 1 N–H and O–H groups in total. The molecule has 4 aromatic rings. The molecule has 0 spiro atoms. The smallest absolute Gasteiger partial charge is 0.337 e. The summed E-state index contributed by atoms with van der Waals surface area (Å²) in [7, 11) is 0.825. The van der Waals surface area contributed by atoms with E-state index in [2.05, 4.69) is 51.1 Å². The number of carboxylic acids is 1. The first kappa shape index (κ1) is 32.3. The average molecular weight is 605 g/mol. The molecule has 3 aromatic carbocycles. The van der Waals surface area contributed by atoms with Crippen molar-refractivity contribution in [2.24, 2.45) is 0 Å². The number of hydrogen-bond donors (Lipinski definition) is 1. The van der Waals surface area contributed by atoms with Gasteiger partial charge in [0.1, 0.15) is 11.5 Å². The lowest BCUT2D eigenvalue weighted by Gasteiger charge is -2.46. The van der Waals surface area contributed by atoms with E-state index in [-0.39, 0.29) is 10.6 Å². The standard InChI is InChI=1S/C34H44N2O6Si/c1-24-29(39-5)21-27(22-30(24)40-6)34(42-43(7,8)33(2,3)4,41-20-17-25-13-10-9-11-14-25)18-19-36-31-26(23-35-36)15-12-16-28(31)32(37)38/h9-16,21-23H,17-20H2,1-8H3,(H,37,38). The van der Waals surface area contributed by atoms with Gasteiger partial charge in [0.05, 0.1) is 38.1 Å². The van der Waals surface area contributed by atoms with Crippen molar-refractivity contribution >= 4 is 25.2 Å². The fraction of sp³-hybridized carbons (Fsp3) is 0.412. The lowest BCUT2D eigenvalue weighted by molar-refractivity contribution is -0.206. The van der Waals surface area contributed by atoms with E-state index < -0.39 is 20.1 Å². The SMILES string of the molecule is COc1cc(C(CCn2ncc3cccc(C(=O)O)c32)(OCCc2ccccc2)O[Si](C)(C)C(C)(C)C)cc(OC)c1C. The zero-order valence-electron chi connectivity index (χ0n) is 26.6. The number of carboxylic acid groups (broad SMARTS) is 1. The predicted molar refractivity (Wildman–Crippen MR) is 172 cm³/mol. The van der Waals surface area contributed by atoms with E-state index in [4.69, 9.17) is 18.6 Å². The van der Waals surface area contributed by atoms with Gasteiger partial charge < -0.3 is 23.7 Å². The average Bonchev–Trinajstić information content (AvgIpc) is 3.39. The number of aromatic nitrogens is 2. The molecule has 1 unspecified atom stereocenters. The van der Waals surface area contributed by atoms with Crippen LogP contribution in [0.2, 0.25) is 18.1 Å². The van der Waals surface area contributed by atoms with Gasteiger partial charge >= 0.3 is 5.97 Å². The monoisotopic (exact) mass is 604 g/mol. The molecule has 0 saturated carbocycles. The Bertz CT molecular complexity index is 1540. The topological polar surface area (TPSA) is 92.0 Å². The number of para-hydroxylation sites is 1. The van der Waals surface area contributed by atoms with Gasteiger partial charge in [0.2, 0.25) is 0 Å². The van der Waals surface area contributed by atoms with Gasteiger partial charge in [-0.25, -0.2) is 4.79 Å². The van der Waals surface area contributed by atoms with Crippen LogP contribution in [0.3, 0.4) is 0 Å². The van der Waals surface area contributed by atoms with Crippen LogP contribution in [-0.2, 0) is 27.9 Å². The molecule has 0 bridgehead atoms. The summed E-state index contributed by atoms with van der Waals surface area (Å²) in [5.41, 5.74) is 3.59. The van der Waals surface area contributed by atoms with E-state index in [1.54, 1.807) is 37.2 Å². The molecule has 43 heavy (non-hydrogen) atoms. The number of aromatic carboxylic acids is 1. The highest BCUT2D eigenvalue weighted by Crippen LogP contribution is 2.46. The Balaban J connectivity index is 1.86. The zero-order chi connectivity index (χ0) is 31.4. The number of benzene rings is 3. The summed E-state index contributed by atoms with van der Waals surface area (Å²) in [6.07, 6.45) is 2.76. The van der Waals surface area contributed by atoms with E-state index in [1.165, 1.54) is 0 Å². The van der Waals surface area contributed by atoms with Crippen molar-refractivity contribution in [1.29, 1.82) is 0 Å². The third kappa shape index (κ3) is 6.95. The molecule has 8 nitrogen and oxygen atoms in total. The van der Waals surface area contributed by atoms with Crippen LogP contribution in [0, 0.1) is 6.92 Å². The quantitative estimate of drug-likeness (QED) is 0.124. The Morgan fingerprint density at radius 2 is 1.63 bits per heavy atom. The Hall–Kier alpha value is -3.66. The molecule has 1 aromatic heterocycles. The molecule has 0 saturated heterocycles. The van der Waals surface area contributed by atoms with E-state index >= 15 is 0 Å². The summed E-state index contributed by atoms with van der Waals surface area (Å²) >= 11 is 0. The number of rotatable bonds is 13. The first-order valence-electron chi connectivity index (χ1n) is 14.6. The molecule has 9 heteroatoms. The van der Waals surface area contributed by atoms with Crippen molar-refractivity contribution in [2.75, 3.05) is 20.8 Å². The highest BCUT2D eigenvalue weighted by Gasteiger charge is 2.47. The minimum absolute atomic E-state index is 0.116. The Labute approximate surface area is 255 Å². The van der Waals surface area contributed by atoms with Crippen LogP contribution in [0.4, 0.5) is 0 Å². The molecule has 0 radical (unpaired) electrons. The van der Waals surface area contributed by atoms with Crippen LogP contribution in [0.25, 0.3) is 10.9 Å². The second-order valence-electron chi connectivity index (χ2n) is 12.4. The Morgan fingerprint density at radius 1 is 0.977 bits per heavy atom.